The molecule has 23 heavy (non-hydrogen) atoms. The number of hydrogen-bond acceptors (Lipinski definition) is 5. The fourth-order valence-electron chi connectivity index (χ4n) is 3.46. The van der Waals surface area contributed by atoms with E-state index in [0.717, 1.165) is 31.9 Å². The van der Waals surface area contributed by atoms with Crippen molar-refractivity contribution in [2.24, 2.45) is 11.3 Å². The number of ether oxygens (including phenoxy) is 2. The number of hydrogen-bond donors (Lipinski definition) is 0. The molecule has 2 fully saturated rings. The third-order valence-corrected chi connectivity index (χ3v) is 4.82. The highest BCUT2D eigenvalue weighted by Gasteiger charge is 2.50. The van der Waals surface area contributed by atoms with E-state index in [-0.39, 0.29) is 17.9 Å². The number of carbonyl (C=O) groups excluding carboxylic acids is 1. The highest BCUT2D eigenvalue weighted by Crippen LogP contribution is 2.41. The van der Waals surface area contributed by atoms with Crippen molar-refractivity contribution < 1.29 is 14.3 Å². The zero-order valence-electron chi connectivity index (χ0n) is 13.9. The van der Waals surface area contributed by atoms with Gasteiger partial charge in [0.05, 0.1) is 25.5 Å². The van der Waals surface area contributed by atoms with Gasteiger partial charge in [-0.2, -0.15) is 0 Å². The van der Waals surface area contributed by atoms with Gasteiger partial charge in [0.1, 0.15) is 6.61 Å². The number of aromatic nitrogens is 1. The molecule has 6 nitrogen and oxygen atoms in total. The minimum atomic E-state index is 0.000189. The van der Waals surface area contributed by atoms with Gasteiger partial charge in [-0.15, -0.1) is 0 Å². The predicted octanol–water partition coefficient (Wildman–Crippen LogP) is 0.635. The molecule has 3 heterocycles. The van der Waals surface area contributed by atoms with Crippen molar-refractivity contribution in [1.82, 2.24) is 14.8 Å². The molecule has 0 aromatic carbocycles. The Morgan fingerprint density at radius 2 is 2.39 bits per heavy atom. The van der Waals surface area contributed by atoms with E-state index in [1.165, 1.54) is 0 Å². The van der Waals surface area contributed by atoms with E-state index < -0.39 is 0 Å². The van der Waals surface area contributed by atoms with Crippen LogP contribution in [0.2, 0.25) is 0 Å². The molecule has 1 aromatic heterocycles. The van der Waals surface area contributed by atoms with Gasteiger partial charge >= 0.3 is 0 Å². The second-order valence-corrected chi connectivity index (χ2v) is 6.85. The number of fused-ring (bicyclic) bond motifs is 1. The van der Waals surface area contributed by atoms with Crippen molar-refractivity contribution in [2.45, 2.75) is 6.54 Å². The second-order valence-electron chi connectivity index (χ2n) is 6.85. The fraction of sp³-hybridized carbons (Fsp3) is 0.647. The Morgan fingerprint density at radius 1 is 1.52 bits per heavy atom. The summed E-state index contributed by atoms with van der Waals surface area (Å²) in [5.41, 5.74) is 1.11. The molecule has 0 radical (unpaired) electrons. The van der Waals surface area contributed by atoms with E-state index >= 15 is 0 Å². The number of amides is 1. The van der Waals surface area contributed by atoms with Crippen molar-refractivity contribution >= 4 is 5.91 Å². The summed E-state index contributed by atoms with van der Waals surface area (Å²) in [4.78, 5) is 20.1. The lowest BCUT2D eigenvalue weighted by Gasteiger charge is -2.27. The maximum Gasteiger partial charge on any atom is 0.248 e. The Morgan fingerprint density at radius 3 is 3.13 bits per heavy atom. The van der Waals surface area contributed by atoms with Crippen LogP contribution < -0.4 is 0 Å². The summed E-state index contributed by atoms with van der Waals surface area (Å²) in [5.74, 6) is 0.473. The first kappa shape index (κ1) is 16.4. The van der Waals surface area contributed by atoms with E-state index in [2.05, 4.69) is 16.0 Å². The molecule has 2 saturated heterocycles. The summed E-state index contributed by atoms with van der Waals surface area (Å²) in [6.45, 7) is 5.01. The molecular formula is C17H25N3O3. The van der Waals surface area contributed by atoms with Gasteiger partial charge in [0, 0.05) is 51.3 Å². The Kier molecular flexibility index (Phi) is 4.94. The molecule has 0 spiro atoms. The van der Waals surface area contributed by atoms with Crippen LogP contribution in [0.5, 0.6) is 0 Å². The first-order valence-corrected chi connectivity index (χ1v) is 8.07. The molecule has 0 aliphatic carbocycles. The fourth-order valence-corrected chi connectivity index (χ4v) is 3.46. The van der Waals surface area contributed by atoms with Gasteiger partial charge in [0.15, 0.2) is 0 Å². The largest absolute Gasteiger partial charge is 0.380 e. The van der Waals surface area contributed by atoms with E-state index in [9.17, 15) is 4.79 Å². The van der Waals surface area contributed by atoms with Crippen LogP contribution in [0.3, 0.4) is 0 Å². The van der Waals surface area contributed by atoms with Gasteiger partial charge < -0.3 is 14.4 Å². The van der Waals surface area contributed by atoms with Crippen LogP contribution in [0.15, 0.2) is 24.4 Å². The predicted molar refractivity (Wildman–Crippen MR) is 85.8 cm³/mol. The van der Waals surface area contributed by atoms with Gasteiger partial charge in [-0.25, -0.2) is 0 Å². The molecular weight excluding hydrogens is 294 g/mol. The average Bonchev–Trinajstić information content (AvgIpc) is 3.04. The summed E-state index contributed by atoms with van der Waals surface area (Å²) in [7, 11) is 3.49. The molecule has 3 rings (SSSR count). The van der Waals surface area contributed by atoms with Crippen LogP contribution >= 0.6 is 0 Å². The van der Waals surface area contributed by atoms with Gasteiger partial charge in [-0.3, -0.25) is 14.7 Å². The highest BCUT2D eigenvalue weighted by atomic mass is 16.5. The molecule has 2 atom stereocenters. The van der Waals surface area contributed by atoms with Gasteiger partial charge in [-0.1, -0.05) is 6.07 Å². The maximum absolute atomic E-state index is 11.7. The minimum absolute atomic E-state index is 0.000189. The van der Waals surface area contributed by atoms with E-state index in [1.54, 1.807) is 19.0 Å². The van der Waals surface area contributed by atoms with Crippen LogP contribution in [-0.2, 0) is 20.8 Å². The van der Waals surface area contributed by atoms with Crippen molar-refractivity contribution in [3.8, 4) is 0 Å². The monoisotopic (exact) mass is 319 g/mol. The highest BCUT2D eigenvalue weighted by molar-refractivity contribution is 5.76. The number of nitrogens with zero attached hydrogens (tertiary/aromatic N) is 3. The number of carbonyl (C=O) groups is 1. The van der Waals surface area contributed by atoms with Crippen molar-refractivity contribution in [2.75, 3.05) is 53.6 Å². The maximum atomic E-state index is 11.7. The second kappa shape index (κ2) is 6.95. The normalized spacial score (nSPS) is 27.1. The standard InChI is InChI=1S/C17H25N3O3/c1-19(2)16(21)10-23-13-17-11-20(7-14(17)9-22-12-17)8-15-5-3-4-6-18-15/h3-6,14H,7-13H2,1-2H3/t14-,17+/m1/s1. The number of likely N-dealkylation sites (tertiary alicyclic amines) is 1. The van der Waals surface area contributed by atoms with E-state index in [1.807, 2.05) is 18.3 Å². The Hall–Kier alpha value is -1.50. The zero-order valence-corrected chi connectivity index (χ0v) is 13.9. The number of likely N-dealkylation sites (N-methyl/N-ethyl adjacent to an activating group) is 1. The molecule has 0 N–H and O–H groups in total. The third kappa shape index (κ3) is 3.71. The molecule has 1 amide bonds. The molecule has 0 saturated carbocycles. The molecule has 6 heteroatoms. The van der Waals surface area contributed by atoms with Crippen LogP contribution in [0.25, 0.3) is 0 Å². The summed E-state index contributed by atoms with van der Waals surface area (Å²) >= 11 is 0. The summed E-state index contributed by atoms with van der Waals surface area (Å²) in [6.07, 6.45) is 1.83. The Bertz CT molecular complexity index is 537. The van der Waals surface area contributed by atoms with Crippen LogP contribution in [-0.4, -0.2) is 74.3 Å². The lowest BCUT2D eigenvalue weighted by atomic mass is 9.82. The number of rotatable bonds is 6. The topological polar surface area (TPSA) is 54.9 Å². The third-order valence-electron chi connectivity index (χ3n) is 4.82. The van der Waals surface area contributed by atoms with Gasteiger partial charge in [0.25, 0.3) is 0 Å². The van der Waals surface area contributed by atoms with Gasteiger partial charge in [-0.05, 0) is 12.1 Å². The Balaban J connectivity index is 1.56. The lowest BCUT2D eigenvalue weighted by Crippen LogP contribution is -2.37. The van der Waals surface area contributed by atoms with Crippen molar-refractivity contribution in [1.29, 1.82) is 0 Å². The van der Waals surface area contributed by atoms with E-state index in [0.29, 0.717) is 19.1 Å². The molecule has 1 aromatic rings. The van der Waals surface area contributed by atoms with E-state index in [4.69, 9.17) is 9.47 Å². The SMILES string of the molecule is CN(C)C(=O)COC[C@]12COC[C@H]1CN(Cc1ccccn1)C2. The van der Waals surface area contributed by atoms with Crippen LogP contribution in [0.1, 0.15) is 5.69 Å². The summed E-state index contributed by atoms with van der Waals surface area (Å²) in [5, 5.41) is 0. The Labute approximate surface area is 137 Å². The minimum Gasteiger partial charge on any atom is -0.380 e. The van der Waals surface area contributed by atoms with Crippen molar-refractivity contribution in [3.05, 3.63) is 30.1 Å². The molecule has 0 unspecified atom stereocenters. The molecule has 2 aliphatic rings. The molecule has 126 valence electrons. The number of pyridine rings is 1. The van der Waals surface area contributed by atoms with Gasteiger partial charge in [0.2, 0.25) is 5.91 Å². The lowest BCUT2D eigenvalue weighted by molar-refractivity contribution is -0.135. The van der Waals surface area contributed by atoms with Crippen LogP contribution in [0.4, 0.5) is 0 Å². The quantitative estimate of drug-likeness (QED) is 0.770. The smallest absolute Gasteiger partial charge is 0.248 e. The first-order chi connectivity index (χ1) is 11.1. The summed E-state index contributed by atoms with van der Waals surface area (Å²) < 4.78 is 11.4. The average molecular weight is 319 g/mol. The first-order valence-electron chi connectivity index (χ1n) is 8.07. The zero-order chi connectivity index (χ0) is 16.3. The van der Waals surface area contributed by atoms with Crippen molar-refractivity contribution in [3.63, 3.8) is 0 Å². The van der Waals surface area contributed by atoms with Crippen LogP contribution in [0, 0.1) is 11.3 Å². The molecule has 0 bridgehead atoms. The molecule has 2 aliphatic heterocycles. The summed E-state index contributed by atoms with van der Waals surface area (Å²) in [6, 6.07) is 6.02.